The first-order valence-corrected chi connectivity index (χ1v) is 6.89. The van der Waals surface area contributed by atoms with Crippen molar-refractivity contribution < 1.29 is 9.90 Å². The number of thiophene rings is 1. The van der Waals surface area contributed by atoms with Gasteiger partial charge in [0.2, 0.25) is 0 Å². The molecule has 1 aromatic rings. The standard InChI is InChI=1S/C13H21NO2S/c1-4-11-5-6-12(17-11)13(16)14-8-10(15)7-9(2)3/h5-6,9-10,15H,4,7-8H2,1-3H3,(H,14,16). The highest BCUT2D eigenvalue weighted by Gasteiger charge is 2.11. The monoisotopic (exact) mass is 255 g/mol. The Balaban J connectivity index is 2.39. The molecule has 0 aromatic carbocycles. The Bertz CT molecular complexity index is 360. The maximum absolute atomic E-state index is 11.8. The van der Waals surface area contributed by atoms with E-state index >= 15 is 0 Å². The highest BCUT2D eigenvalue weighted by molar-refractivity contribution is 7.14. The van der Waals surface area contributed by atoms with Gasteiger partial charge in [0.05, 0.1) is 11.0 Å². The van der Waals surface area contributed by atoms with Crippen LogP contribution in [-0.4, -0.2) is 23.7 Å². The fraction of sp³-hybridized carbons (Fsp3) is 0.615. The first kappa shape index (κ1) is 14.2. The molecule has 0 aliphatic heterocycles. The number of hydrogen-bond acceptors (Lipinski definition) is 3. The van der Waals surface area contributed by atoms with Gasteiger partial charge < -0.3 is 10.4 Å². The zero-order chi connectivity index (χ0) is 12.8. The molecule has 4 heteroatoms. The molecule has 0 bridgehead atoms. The average Bonchev–Trinajstić information content (AvgIpc) is 2.73. The lowest BCUT2D eigenvalue weighted by molar-refractivity contribution is 0.0904. The number of nitrogens with one attached hydrogen (secondary N) is 1. The van der Waals surface area contributed by atoms with E-state index in [2.05, 4.69) is 26.1 Å². The van der Waals surface area contributed by atoms with E-state index in [0.717, 1.165) is 11.3 Å². The first-order valence-electron chi connectivity index (χ1n) is 6.07. The Hall–Kier alpha value is -0.870. The largest absolute Gasteiger partial charge is 0.391 e. The summed E-state index contributed by atoms with van der Waals surface area (Å²) in [7, 11) is 0. The maximum atomic E-state index is 11.8. The summed E-state index contributed by atoms with van der Waals surface area (Å²) in [4.78, 5) is 13.7. The Labute approximate surface area is 107 Å². The third kappa shape index (κ3) is 4.88. The molecule has 0 fully saturated rings. The van der Waals surface area contributed by atoms with Gasteiger partial charge in [-0.1, -0.05) is 20.8 Å². The molecule has 2 N–H and O–H groups in total. The van der Waals surface area contributed by atoms with Crippen molar-refractivity contribution in [3.63, 3.8) is 0 Å². The number of aliphatic hydroxyl groups is 1. The predicted octanol–water partition coefficient (Wildman–Crippen LogP) is 2.45. The molecule has 0 aliphatic rings. The van der Waals surface area contributed by atoms with E-state index in [1.807, 2.05) is 12.1 Å². The third-order valence-electron chi connectivity index (χ3n) is 2.48. The molecule has 0 aliphatic carbocycles. The first-order chi connectivity index (χ1) is 8.02. The lowest BCUT2D eigenvalue weighted by atomic mass is 10.1. The van der Waals surface area contributed by atoms with Crippen LogP contribution in [0.2, 0.25) is 0 Å². The number of aliphatic hydroxyl groups excluding tert-OH is 1. The van der Waals surface area contributed by atoms with Gasteiger partial charge in [0.25, 0.3) is 5.91 Å². The van der Waals surface area contributed by atoms with Crippen molar-refractivity contribution in [1.82, 2.24) is 5.32 Å². The van der Waals surface area contributed by atoms with E-state index in [4.69, 9.17) is 0 Å². The van der Waals surface area contributed by atoms with Crippen LogP contribution in [0.25, 0.3) is 0 Å². The van der Waals surface area contributed by atoms with Crippen molar-refractivity contribution in [1.29, 1.82) is 0 Å². The van der Waals surface area contributed by atoms with Crippen molar-refractivity contribution >= 4 is 17.2 Å². The van der Waals surface area contributed by atoms with Crippen LogP contribution in [0.1, 0.15) is 41.7 Å². The van der Waals surface area contributed by atoms with Crippen LogP contribution >= 0.6 is 11.3 Å². The summed E-state index contributed by atoms with van der Waals surface area (Å²) in [5, 5.41) is 12.4. The molecule has 1 aromatic heterocycles. The lowest BCUT2D eigenvalue weighted by Gasteiger charge is -2.13. The molecule has 1 atom stereocenters. The number of hydrogen-bond donors (Lipinski definition) is 2. The Morgan fingerprint density at radius 1 is 1.47 bits per heavy atom. The molecule has 1 rings (SSSR count). The van der Waals surface area contributed by atoms with Crippen molar-refractivity contribution in [2.75, 3.05) is 6.54 Å². The predicted molar refractivity (Wildman–Crippen MR) is 71.5 cm³/mol. The molecule has 0 saturated carbocycles. The van der Waals surface area contributed by atoms with Crippen LogP contribution in [0.15, 0.2) is 12.1 Å². The summed E-state index contributed by atoms with van der Waals surface area (Å²) in [6.07, 6.45) is 1.21. The van der Waals surface area contributed by atoms with E-state index in [-0.39, 0.29) is 5.91 Å². The minimum absolute atomic E-state index is 0.0856. The second-order valence-corrected chi connectivity index (χ2v) is 5.78. The topological polar surface area (TPSA) is 49.3 Å². The van der Waals surface area contributed by atoms with Crippen LogP contribution in [0.5, 0.6) is 0 Å². The van der Waals surface area contributed by atoms with Gasteiger partial charge in [-0.2, -0.15) is 0 Å². The normalized spacial score (nSPS) is 12.8. The highest BCUT2D eigenvalue weighted by atomic mass is 32.1. The lowest BCUT2D eigenvalue weighted by Crippen LogP contribution is -2.32. The van der Waals surface area contributed by atoms with Gasteiger partial charge in [0, 0.05) is 11.4 Å². The summed E-state index contributed by atoms with van der Waals surface area (Å²) >= 11 is 1.51. The van der Waals surface area contributed by atoms with Crippen LogP contribution < -0.4 is 5.32 Å². The van der Waals surface area contributed by atoms with Gasteiger partial charge in [0.15, 0.2) is 0 Å². The average molecular weight is 255 g/mol. The number of aryl methyl sites for hydroxylation is 1. The van der Waals surface area contributed by atoms with Gasteiger partial charge >= 0.3 is 0 Å². The second-order valence-electron chi connectivity index (χ2n) is 4.61. The third-order valence-corrected chi connectivity index (χ3v) is 3.70. The van der Waals surface area contributed by atoms with Crippen molar-refractivity contribution in [3.8, 4) is 0 Å². The molecule has 1 unspecified atom stereocenters. The Kier molecular flexibility index (Phi) is 5.65. The molecule has 96 valence electrons. The van der Waals surface area contributed by atoms with E-state index in [1.54, 1.807) is 0 Å². The van der Waals surface area contributed by atoms with E-state index in [9.17, 15) is 9.90 Å². The van der Waals surface area contributed by atoms with Gasteiger partial charge in [0.1, 0.15) is 0 Å². The van der Waals surface area contributed by atoms with Crippen molar-refractivity contribution in [2.24, 2.45) is 5.92 Å². The smallest absolute Gasteiger partial charge is 0.261 e. The zero-order valence-electron chi connectivity index (χ0n) is 10.7. The van der Waals surface area contributed by atoms with E-state index < -0.39 is 6.10 Å². The molecule has 3 nitrogen and oxygen atoms in total. The molecule has 1 heterocycles. The zero-order valence-corrected chi connectivity index (χ0v) is 11.5. The van der Waals surface area contributed by atoms with E-state index in [1.165, 1.54) is 16.2 Å². The minimum atomic E-state index is -0.454. The second kappa shape index (κ2) is 6.77. The quantitative estimate of drug-likeness (QED) is 0.820. The number of amides is 1. The molecule has 17 heavy (non-hydrogen) atoms. The molecule has 1 amide bonds. The fourth-order valence-corrected chi connectivity index (χ4v) is 2.48. The maximum Gasteiger partial charge on any atom is 0.261 e. The SMILES string of the molecule is CCc1ccc(C(=O)NCC(O)CC(C)C)s1. The van der Waals surface area contributed by atoms with Crippen molar-refractivity contribution in [3.05, 3.63) is 21.9 Å². The molecular weight excluding hydrogens is 234 g/mol. The Morgan fingerprint density at radius 2 is 2.18 bits per heavy atom. The summed E-state index contributed by atoms with van der Waals surface area (Å²) in [5.74, 6) is 0.354. The van der Waals surface area contributed by atoms with Gasteiger partial charge in [-0.15, -0.1) is 11.3 Å². The number of carbonyl (C=O) groups excluding carboxylic acids is 1. The molecule has 0 radical (unpaired) electrons. The van der Waals surface area contributed by atoms with Crippen LogP contribution in [0, 0.1) is 5.92 Å². The van der Waals surface area contributed by atoms with Crippen molar-refractivity contribution in [2.45, 2.75) is 39.7 Å². The van der Waals surface area contributed by atoms with Crippen LogP contribution in [-0.2, 0) is 6.42 Å². The summed E-state index contributed by atoms with van der Waals surface area (Å²) in [5.41, 5.74) is 0. The summed E-state index contributed by atoms with van der Waals surface area (Å²) < 4.78 is 0. The number of rotatable bonds is 6. The minimum Gasteiger partial charge on any atom is -0.391 e. The fourth-order valence-electron chi connectivity index (χ4n) is 1.62. The van der Waals surface area contributed by atoms with Gasteiger partial charge in [-0.25, -0.2) is 0 Å². The van der Waals surface area contributed by atoms with Gasteiger partial charge in [-0.3, -0.25) is 4.79 Å². The Morgan fingerprint density at radius 3 is 2.71 bits per heavy atom. The van der Waals surface area contributed by atoms with Gasteiger partial charge in [-0.05, 0) is 30.9 Å². The molecule has 0 spiro atoms. The number of carbonyl (C=O) groups is 1. The highest BCUT2D eigenvalue weighted by Crippen LogP contribution is 2.16. The van der Waals surface area contributed by atoms with E-state index in [0.29, 0.717) is 18.9 Å². The van der Waals surface area contributed by atoms with Crippen LogP contribution in [0.4, 0.5) is 0 Å². The molecular formula is C13H21NO2S. The molecule has 0 saturated heterocycles. The van der Waals surface area contributed by atoms with Crippen LogP contribution in [0.3, 0.4) is 0 Å². The summed E-state index contributed by atoms with van der Waals surface area (Å²) in [6, 6.07) is 3.82. The summed E-state index contributed by atoms with van der Waals surface area (Å²) in [6.45, 7) is 6.51.